The fourth-order valence-electron chi connectivity index (χ4n) is 3.75. The Labute approximate surface area is 120 Å². The van der Waals surface area contributed by atoms with E-state index in [1.165, 1.54) is 31.7 Å². The van der Waals surface area contributed by atoms with Crippen molar-refractivity contribution in [3.63, 3.8) is 0 Å². The maximum Gasteiger partial charge on any atom is 0.125 e. The third kappa shape index (κ3) is 2.69. The van der Waals surface area contributed by atoms with Gasteiger partial charge in [-0.05, 0) is 50.4 Å². The molecule has 1 saturated carbocycles. The molecule has 0 amide bonds. The molecule has 1 heterocycles. The minimum absolute atomic E-state index is 0.0336. The Morgan fingerprint density at radius 1 is 1.25 bits per heavy atom. The van der Waals surface area contributed by atoms with E-state index in [9.17, 15) is 4.39 Å². The highest BCUT2D eigenvalue weighted by Gasteiger charge is 2.40. The lowest BCUT2D eigenvalue weighted by atomic mass is 9.82. The molecule has 1 aliphatic carbocycles. The van der Waals surface area contributed by atoms with Crippen LogP contribution in [0.2, 0.25) is 0 Å². The first-order chi connectivity index (χ1) is 9.72. The van der Waals surface area contributed by atoms with E-state index in [4.69, 9.17) is 4.74 Å². The quantitative estimate of drug-likeness (QED) is 0.867. The Balaban J connectivity index is 1.93. The van der Waals surface area contributed by atoms with Crippen LogP contribution in [0.25, 0.3) is 0 Å². The number of hydrogen-bond donors (Lipinski definition) is 1. The van der Waals surface area contributed by atoms with Gasteiger partial charge in [0.25, 0.3) is 0 Å². The largest absolute Gasteiger partial charge is 0.487 e. The van der Waals surface area contributed by atoms with Gasteiger partial charge in [-0.25, -0.2) is 4.39 Å². The van der Waals surface area contributed by atoms with Crippen molar-refractivity contribution >= 4 is 0 Å². The van der Waals surface area contributed by atoms with E-state index in [0.717, 1.165) is 37.1 Å². The van der Waals surface area contributed by atoms with Gasteiger partial charge < -0.3 is 10.1 Å². The number of nitrogens with one attached hydrogen (secondary N) is 1. The van der Waals surface area contributed by atoms with Gasteiger partial charge in [0.05, 0.1) is 0 Å². The molecule has 1 spiro atoms. The third-order valence-corrected chi connectivity index (χ3v) is 4.72. The van der Waals surface area contributed by atoms with E-state index in [-0.39, 0.29) is 17.5 Å². The highest BCUT2D eigenvalue weighted by atomic mass is 19.1. The summed E-state index contributed by atoms with van der Waals surface area (Å²) in [6, 6.07) is 5.17. The number of hydrogen-bond acceptors (Lipinski definition) is 2. The fourth-order valence-corrected chi connectivity index (χ4v) is 3.75. The summed E-state index contributed by atoms with van der Waals surface area (Å²) in [7, 11) is 0. The summed E-state index contributed by atoms with van der Waals surface area (Å²) in [5.41, 5.74) is 0.954. The molecule has 0 saturated heterocycles. The fraction of sp³-hybridized carbons (Fsp3) is 0.647. The summed E-state index contributed by atoms with van der Waals surface area (Å²) in [5, 5.41) is 3.51. The number of fused-ring (bicyclic) bond motifs is 1. The summed E-state index contributed by atoms with van der Waals surface area (Å²) in [6.07, 6.45) is 8.35. The Kier molecular flexibility index (Phi) is 3.97. The zero-order chi connectivity index (χ0) is 14.0. The molecule has 1 aromatic rings. The van der Waals surface area contributed by atoms with Crippen molar-refractivity contribution < 1.29 is 9.13 Å². The molecule has 2 nitrogen and oxygen atoms in total. The van der Waals surface area contributed by atoms with Crippen LogP contribution >= 0.6 is 0 Å². The van der Waals surface area contributed by atoms with Crippen molar-refractivity contribution in [2.45, 2.75) is 63.5 Å². The normalized spacial score (nSPS) is 24.8. The number of rotatable bonds is 2. The number of ether oxygens (including phenoxy) is 1. The minimum atomic E-state index is -0.174. The molecule has 0 aromatic heterocycles. The van der Waals surface area contributed by atoms with Crippen LogP contribution in [0.5, 0.6) is 5.75 Å². The van der Waals surface area contributed by atoms with Gasteiger partial charge in [-0.15, -0.1) is 0 Å². The zero-order valence-corrected chi connectivity index (χ0v) is 12.3. The SMILES string of the molecule is CCNC1CC2(CCCCCC2)Oc2ccc(F)cc21. The van der Waals surface area contributed by atoms with Crippen molar-refractivity contribution in [2.24, 2.45) is 0 Å². The van der Waals surface area contributed by atoms with Crippen molar-refractivity contribution in [1.82, 2.24) is 5.32 Å². The Hall–Kier alpha value is -1.09. The molecule has 0 radical (unpaired) electrons. The minimum Gasteiger partial charge on any atom is -0.487 e. The highest BCUT2D eigenvalue weighted by Crippen LogP contribution is 2.45. The van der Waals surface area contributed by atoms with Gasteiger partial charge in [0, 0.05) is 18.0 Å². The van der Waals surface area contributed by atoms with Crippen LogP contribution in [-0.2, 0) is 0 Å². The Bertz CT molecular complexity index is 466. The van der Waals surface area contributed by atoms with E-state index < -0.39 is 0 Å². The predicted molar refractivity (Wildman–Crippen MR) is 78.5 cm³/mol. The van der Waals surface area contributed by atoms with E-state index >= 15 is 0 Å². The molecule has 1 fully saturated rings. The highest BCUT2D eigenvalue weighted by molar-refractivity contribution is 5.39. The molecule has 110 valence electrons. The summed E-state index contributed by atoms with van der Waals surface area (Å²) < 4.78 is 19.9. The average Bonchev–Trinajstić information content (AvgIpc) is 2.66. The molecule has 3 heteroatoms. The van der Waals surface area contributed by atoms with Crippen LogP contribution in [0.15, 0.2) is 18.2 Å². The molecule has 3 rings (SSSR count). The molecule has 1 atom stereocenters. The van der Waals surface area contributed by atoms with Crippen LogP contribution in [0.3, 0.4) is 0 Å². The summed E-state index contributed by atoms with van der Waals surface area (Å²) in [5.74, 6) is 0.706. The second-order valence-electron chi connectivity index (χ2n) is 6.20. The zero-order valence-electron chi connectivity index (χ0n) is 12.3. The van der Waals surface area contributed by atoms with Crippen LogP contribution < -0.4 is 10.1 Å². The number of benzene rings is 1. The maximum absolute atomic E-state index is 13.5. The second kappa shape index (κ2) is 5.72. The average molecular weight is 277 g/mol. The van der Waals surface area contributed by atoms with Gasteiger partial charge >= 0.3 is 0 Å². The van der Waals surface area contributed by atoms with Crippen molar-refractivity contribution in [2.75, 3.05) is 6.54 Å². The van der Waals surface area contributed by atoms with E-state index in [1.807, 2.05) is 0 Å². The van der Waals surface area contributed by atoms with Crippen molar-refractivity contribution in [3.8, 4) is 5.75 Å². The molecule has 20 heavy (non-hydrogen) atoms. The lowest BCUT2D eigenvalue weighted by Crippen LogP contribution is -2.44. The monoisotopic (exact) mass is 277 g/mol. The topological polar surface area (TPSA) is 21.3 Å². The molecular weight excluding hydrogens is 253 g/mol. The van der Waals surface area contributed by atoms with Gasteiger partial charge in [0.1, 0.15) is 17.2 Å². The van der Waals surface area contributed by atoms with Crippen molar-refractivity contribution in [3.05, 3.63) is 29.6 Å². The Morgan fingerprint density at radius 2 is 2.00 bits per heavy atom. The molecule has 0 bridgehead atoms. The first-order valence-electron chi connectivity index (χ1n) is 7.94. The van der Waals surface area contributed by atoms with Gasteiger partial charge in [-0.2, -0.15) is 0 Å². The summed E-state index contributed by atoms with van der Waals surface area (Å²) >= 11 is 0. The Morgan fingerprint density at radius 3 is 2.70 bits per heavy atom. The summed E-state index contributed by atoms with van der Waals surface area (Å²) in [6.45, 7) is 3.00. The van der Waals surface area contributed by atoms with Gasteiger partial charge in [-0.3, -0.25) is 0 Å². The molecular formula is C17H24FNO. The molecule has 1 N–H and O–H groups in total. The second-order valence-corrected chi connectivity index (χ2v) is 6.20. The van der Waals surface area contributed by atoms with Gasteiger partial charge in [-0.1, -0.05) is 19.8 Å². The molecule has 1 unspecified atom stereocenters. The van der Waals surface area contributed by atoms with E-state index in [0.29, 0.717) is 0 Å². The van der Waals surface area contributed by atoms with Crippen molar-refractivity contribution in [1.29, 1.82) is 0 Å². The van der Waals surface area contributed by atoms with E-state index in [1.54, 1.807) is 12.1 Å². The van der Waals surface area contributed by atoms with E-state index in [2.05, 4.69) is 12.2 Å². The van der Waals surface area contributed by atoms with Crippen LogP contribution in [-0.4, -0.2) is 12.1 Å². The molecule has 2 aliphatic rings. The maximum atomic E-state index is 13.5. The lowest BCUT2D eigenvalue weighted by Gasteiger charge is -2.42. The molecule has 1 aliphatic heterocycles. The van der Waals surface area contributed by atoms with Gasteiger partial charge in [0.15, 0.2) is 0 Å². The predicted octanol–water partition coefficient (Wildman–Crippen LogP) is 4.35. The van der Waals surface area contributed by atoms with Crippen LogP contribution in [0, 0.1) is 5.82 Å². The first-order valence-corrected chi connectivity index (χ1v) is 7.94. The standard InChI is InChI=1S/C17H24FNO/c1-2-19-15-12-17(9-5-3-4-6-10-17)20-16-8-7-13(18)11-14(15)16/h7-8,11,15,19H,2-6,9-10,12H2,1H3. The third-order valence-electron chi connectivity index (χ3n) is 4.72. The number of halogens is 1. The molecule has 1 aromatic carbocycles. The summed E-state index contributed by atoms with van der Waals surface area (Å²) in [4.78, 5) is 0. The lowest BCUT2D eigenvalue weighted by molar-refractivity contribution is 0.0162. The smallest absolute Gasteiger partial charge is 0.125 e. The van der Waals surface area contributed by atoms with Crippen LogP contribution in [0.4, 0.5) is 4.39 Å². The van der Waals surface area contributed by atoms with Gasteiger partial charge in [0.2, 0.25) is 0 Å². The van der Waals surface area contributed by atoms with Crippen LogP contribution in [0.1, 0.15) is 63.5 Å². The first kappa shape index (κ1) is 13.9.